The van der Waals surface area contributed by atoms with Gasteiger partial charge in [-0.05, 0) is 55.4 Å². The Labute approximate surface area is 190 Å². The van der Waals surface area contributed by atoms with Crippen molar-refractivity contribution in [2.24, 2.45) is 23.7 Å². The van der Waals surface area contributed by atoms with E-state index in [0.29, 0.717) is 29.9 Å². The van der Waals surface area contributed by atoms with Gasteiger partial charge in [0.15, 0.2) is 0 Å². The summed E-state index contributed by atoms with van der Waals surface area (Å²) < 4.78 is 12.4. The maximum absolute atomic E-state index is 13.3. The van der Waals surface area contributed by atoms with Gasteiger partial charge in [-0.3, -0.25) is 4.79 Å². The van der Waals surface area contributed by atoms with Crippen LogP contribution in [-0.4, -0.2) is 46.5 Å². The van der Waals surface area contributed by atoms with Crippen LogP contribution in [0.25, 0.3) is 0 Å². The number of ether oxygens (including phenoxy) is 2. The Bertz CT molecular complexity index is 818. The second-order valence-electron chi connectivity index (χ2n) is 9.52. The van der Waals surface area contributed by atoms with E-state index >= 15 is 0 Å². The van der Waals surface area contributed by atoms with Crippen molar-refractivity contribution in [3.63, 3.8) is 0 Å². The molecule has 1 aromatic rings. The highest BCUT2D eigenvalue weighted by Gasteiger charge is 2.40. The van der Waals surface area contributed by atoms with Crippen molar-refractivity contribution in [1.82, 2.24) is 15.1 Å². The average Bonchev–Trinajstić information content (AvgIpc) is 3.15. The second-order valence-corrected chi connectivity index (χ2v) is 9.52. The monoisotopic (exact) mass is 447 g/mol. The average molecular weight is 448 g/mol. The number of hydrogen-bond donors (Lipinski definition) is 2. The number of carboxylic acid groups (broad SMARTS) is 1. The van der Waals surface area contributed by atoms with Crippen molar-refractivity contribution < 1.29 is 24.2 Å². The van der Waals surface area contributed by atoms with E-state index in [1.807, 2.05) is 13.8 Å². The molecular formula is C24H37N3O5. The zero-order valence-electron chi connectivity index (χ0n) is 19.7. The van der Waals surface area contributed by atoms with Crippen molar-refractivity contribution in [2.75, 3.05) is 13.7 Å². The summed E-state index contributed by atoms with van der Waals surface area (Å²) in [6.07, 6.45) is 10.1. The minimum atomic E-state index is -1.16. The van der Waals surface area contributed by atoms with Crippen LogP contribution in [0.2, 0.25) is 0 Å². The van der Waals surface area contributed by atoms with Crippen molar-refractivity contribution >= 4 is 11.9 Å². The third-order valence-corrected chi connectivity index (χ3v) is 6.78. The van der Waals surface area contributed by atoms with E-state index in [1.165, 1.54) is 62.6 Å². The van der Waals surface area contributed by atoms with Gasteiger partial charge >= 0.3 is 5.97 Å². The number of allylic oxidation sites excluding steroid dienone is 1. The lowest BCUT2D eigenvalue weighted by molar-refractivity contribution is -0.136. The van der Waals surface area contributed by atoms with Gasteiger partial charge in [-0.1, -0.05) is 33.6 Å². The van der Waals surface area contributed by atoms with Crippen LogP contribution in [0, 0.1) is 23.7 Å². The van der Waals surface area contributed by atoms with E-state index in [9.17, 15) is 9.59 Å². The molecule has 0 aliphatic heterocycles. The van der Waals surface area contributed by atoms with E-state index < -0.39 is 5.97 Å². The smallest absolute Gasteiger partial charge is 0.370 e. The summed E-state index contributed by atoms with van der Waals surface area (Å²) >= 11 is 0. The Morgan fingerprint density at radius 2 is 2.00 bits per heavy atom. The molecule has 0 saturated heterocycles. The molecule has 1 heterocycles. The molecule has 2 atom stereocenters. The molecule has 2 saturated carbocycles. The molecule has 32 heavy (non-hydrogen) atoms. The molecule has 2 aliphatic rings. The third kappa shape index (κ3) is 5.64. The molecule has 2 fully saturated rings. The molecule has 1 amide bonds. The van der Waals surface area contributed by atoms with Crippen LogP contribution >= 0.6 is 0 Å². The van der Waals surface area contributed by atoms with E-state index in [2.05, 4.69) is 17.3 Å². The van der Waals surface area contributed by atoms with Gasteiger partial charge in [0.25, 0.3) is 5.91 Å². The van der Waals surface area contributed by atoms with Crippen molar-refractivity contribution in [3.05, 3.63) is 23.6 Å². The highest BCUT2D eigenvalue weighted by molar-refractivity contribution is 5.96. The number of carbonyl (C=O) groups is 2. The van der Waals surface area contributed by atoms with E-state index in [4.69, 9.17) is 14.6 Å². The Morgan fingerprint density at radius 1 is 1.31 bits per heavy atom. The number of hydrogen-bond acceptors (Lipinski definition) is 5. The molecule has 2 bridgehead atoms. The van der Waals surface area contributed by atoms with E-state index in [1.54, 1.807) is 0 Å². The standard InChI is InChI=1S/C24H37N3O5/c1-5-16-11-17-7-6-8-18(12-16)21(17)26-22(28)19-13-25-27(23(19)32-14-15(2)3)10-9-20(31-4)24(29)30/h9,13,15-18,21H,5-8,10-12,14H2,1-4H3,(H,26,28)(H,29,30)/b20-9-. The Kier molecular flexibility index (Phi) is 8.21. The van der Waals surface area contributed by atoms with Gasteiger partial charge in [0, 0.05) is 6.04 Å². The number of carbonyl (C=O) groups excluding carboxylic acids is 1. The molecular weight excluding hydrogens is 410 g/mol. The molecule has 3 rings (SSSR count). The molecule has 1 aromatic heterocycles. The lowest BCUT2D eigenvalue weighted by Gasteiger charge is -2.46. The zero-order valence-corrected chi connectivity index (χ0v) is 19.7. The first kappa shape index (κ1) is 24.1. The van der Waals surface area contributed by atoms with Crippen LogP contribution in [-0.2, 0) is 16.1 Å². The lowest BCUT2D eigenvalue weighted by Crippen LogP contribution is -2.51. The number of nitrogens with zero attached hydrogens (tertiary/aromatic N) is 2. The quantitative estimate of drug-likeness (QED) is 0.417. The van der Waals surface area contributed by atoms with E-state index in [0.717, 1.165) is 5.92 Å². The summed E-state index contributed by atoms with van der Waals surface area (Å²) in [6.45, 7) is 6.88. The summed E-state index contributed by atoms with van der Waals surface area (Å²) in [6, 6.07) is 0.201. The largest absolute Gasteiger partial charge is 0.490 e. The van der Waals surface area contributed by atoms with Gasteiger partial charge in [0.1, 0.15) is 5.56 Å². The molecule has 2 aliphatic carbocycles. The normalized spacial score (nSPS) is 25.5. The molecule has 178 valence electrons. The lowest BCUT2D eigenvalue weighted by atomic mass is 9.64. The number of nitrogens with one attached hydrogen (secondary N) is 1. The molecule has 2 unspecified atom stereocenters. The van der Waals surface area contributed by atoms with E-state index in [-0.39, 0.29) is 30.2 Å². The molecule has 0 spiro atoms. The third-order valence-electron chi connectivity index (χ3n) is 6.78. The van der Waals surface area contributed by atoms with Gasteiger partial charge in [-0.15, -0.1) is 0 Å². The topological polar surface area (TPSA) is 103 Å². The number of methoxy groups -OCH3 is 1. The predicted octanol–water partition coefficient (Wildman–Crippen LogP) is 3.87. The maximum atomic E-state index is 13.3. The summed E-state index contributed by atoms with van der Waals surface area (Å²) in [5.41, 5.74) is 0.393. The number of amides is 1. The molecule has 8 nitrogen and oxygen atoms in total. The van der Waals surface area contributed by atoms with Crippen LogP contribution in [0.15, 0.2) is 18.0 Å². The number of fused-ring (bicyclic) bond motifs is 2. The highest BCUT2D eigenvalue weighted by Crippen LogP contribution is 2.44. The first-order valence-corrected chi connectivity index (χ1v) is 11.8. The zero-order chi connectivity index (χ0) is 23.3. The predicted molar refractivity (Wildman–Crippen MR) is 120 cm³/mol. The Morgan fingerprint density at radius 3 is 2.56 bits per heavy atom. The van der Waals surface area contributed by atoms with Crippen LogP contribution in [0.4, 0.5) is 0 Å². The second kappa shape index (κ2) is 10.9. The summed E-state index contributed by atoms with van der Waals surface area (Å²) in [7, 11) is 1.31. The van der Waals surface area contributed by atoms with Crippen molar-refractivity contribution in [1.29, 1.82) is 0 Å². The molecule has 2 N–H and O–H groups in total. The minimum Gasteiger partial charge on any atom is -0.490 e. The number of aromatic nitrogens is 2. The first-order valence-electron chi connectivity index (χ1n) is 11.8. The van der Waals surface area contributed by atoms with Gasteiger partial charge in [-0.2, -0.15) is 5.10 Å². The van der Waals surface area contributed by atoms with Crippen LogP contribution in [0.5, 0.6) is 5.88 Å². The maximum Gasteiger partial charge on any atom is 0.370 e. The van der Waals surface area contributed by atoms with Crippen LogP contribution in [0.3, 0.4) is 0 Å². The fourth-order valence-corrected chi connectivity index (χ4v) is 5.15. The SMILES string of the molecule is CCC1CC2CCCC(C1)C2NC(=O)c1cnn(C/C=C(\OC)C(=O)O)c1OCC(C)C. The Hall–Kier alpha value is -2.51. The summed E-state index contributed by atoms with van der Waals surface area (Å²) in [4.78, 5) is 24.5. The van der Waals surface area contributed by atoms with Crippen LogP contribution in [0.1, 0.15) is 69.7 Å². The van der Waals surface area contributed by atoms with Gasteiger partial charge in [0.05, 0.1) is 26.5 Å². The number of aliphatic carboxylic acids is 1. The van der Waals surface area contributed by atoms with Gasteiger partial charge in [-0.25, -0.2) is 9.48 Å². The number of rotatable bonds is 10. The highest BCUT2D eigenvalue weighted by atomic mass is 16.5. The first-order chi connectivity index (χ1) is 15.3. The molecule has 0 radical (unpaired) electrons. The fourth-order valence-electron chi connectivity index (χ4n) is 5.15. The molecule has 0 aromatic carbocycles. The Balaban J connectivity index is 1.79. The van der Waals surface area contributed by atoms with Crippen LogP contribution < -0.4 is 10.1 Å². The summed E-state index contributed by atoms with van der Waals surface area (Å²) in [5.74, 6) is 0.965. The van der Waals surface area contributed by atoms with Gasteiger partial charge in [0.2, 0.25) is 11.6 Å². The minimum absolute atomic E-state index is 0.128. The van der Waals surface area contributed by atoms with Crippen molar-refractivity contribution in [2.45, 2.75) is 71.9 Å². The van der Waals surface area contributed by atoms with Crippen molar-refractivity contribution in [3.8, 4) is 5.88 Å². The summed E-state index contributed by atoms with van der Waals surface area (Å²) in [5, 5.41) is 16.8. The fraction of sp³-hybridized carbons (Fsp3) is 0.708. The number of carboxylic acids is 1. The van der Waals surface area contributed by atoms with Gasteiger partial charge < -0.3 is 19.9 Å². The molecule has 8 heteroatoms.